The largest absolute Gasteiger partial charge is 0.356 e. The maximum absolute atomic E-state index is 12.0. The summed E-state index contributed by atoms with van der Waals surface area (Å²) in [5.41, 5.74) is 4.41. The lowest BCUT2D eigenvalue weighted by atomic mass is 9.90. The van der Waals surface area contributed by atoms with E-state index in [1.54, 1.807) is 18.4 Å². The maximum atomic E-state index is 12.0. The van der Waals surface area contributed by atoms with Crippen LogP contribution in [-0.4, -0.2) is 30.4 Å². The van der Waals surface area contributed by atoms with Crippen LogP contribution >= 0.6 is 35.3 Å². The molecule has 1 aliphatic rings. The number of thiazole rings is 1. The standard InChI is InChI=1S/C24H27N5OS.HI/c1-25-24(26-14-18-13-22(30)29-21-10-6-5-9-20(18)21)27-15-19-16-31-23(28-19)12-11-17-7-3-2-4-8-17;/h2-10,16,18H,11-15H2,1H3,(H,29,30)(H2,25,26,27);1H. The molecule has 4 rings (SSSR count). The van der Waals surface area contributed by atoms with Gasteiger partial charge >= 0.3 is 0 Å². The average Bonchev–Trinajstić information content (AvgIpc) is 3.26. The number of aliphatic imine (C=N–C) groups is 1. The number of hydrogen-bond donors (Lipinski definition) is 3. The molecule has 168 valence electrons. The summed E-state index contributed by atoms with van der Waals surface area (Å²) in [5, 5.41) is 12.9. The molecule has 0 fully saturated rings. The van der Waals surface area contributed by atoms with E-state index in [4.69, 9.17) is 4.98 Å². The van der Waals surface area contributed by atoms with Gasteiger partial charge in [-0.2, -0.15) is 0 Å². The fraction of sp³-hybridized carbons (Fsp3) is 0.292. The smallest absolute Gasteiger partial charge is 0.225 e. The molecule has 3 N–H and O–H groups in total. The fourth-order valence-electron chi connectivity index (χ4n) is 3.74. The Morgan fingerprint density at radius 3 is 2.72 bits per heavy atom. The van der Waals surface area contributed by atoms with Crippen molar-refractivity contribution in [2.45, 2.75) is 31.7 Å². The fourth-order valence-corrected chi connectivity index (χ4v) is 4.54. The van der Waals surface area contributed by atoms with Crippen LogP contribution in [0.15, 0.2) is 65.0 Å². The Bertz CT molecular complexity index is 1050. The number of anilines is 1. The van der Waals surface area contributed by atoms with Crippen molar-refractivity contribution >= 4 is 52.9 Å². The van der Waals surface area contributed by atoms with Gasteiger partial charge in [-0.1, -0.05) is 48.5 Å². The predicted octanol–water partition coefficient (Wildman–Crippen LogP) is 4.34. The third-order valence-corrected chi connectivity index (χ3v) is 6.31. The van der Waals surface area contributed by atoms with Crippen molar-refractivity contribution in [2.75, 3.05) is 18.9 Å². The molecule has 0 aliphatic carbocycles. The number of guanidine groups is 1. The number of benzene rings is 2. The highest BCUT2D eigenvalue weighted by Crippen LogP contribution is 2.31. The monoisotopic (exact) mass is 561 g/mol. The Morgan fingerprint density at radius 2 is 1.91 bits per heavy atom. The molecule has 0 radical (unpaired) electrons. The zero-order chi connectivity index (χ0) is 21.5. The molecule has 0 bridgehead atoms. The Kier molecular flexibility index (Phi) is 9.04. The topological polar surface area (TPSA) is 78.4 Å². The van der Waals surface area contributed by atoms with E-state index in [1.165, 1.54) is 5.56 Å². The lowest BCUT2D eigenvalue weighted by Crippen LogP contribution is -2.40. The zero-order valence-corrected chi connectivity index (χ0v) is 21.2. The Balaban J connectivity index is 0.00000289. The van der Waals surface area contributed by atoms with Gasteiger partial charge in [0.15, 0.2) is 5.96 Å². The van der Waals surface area contributed by atoms with Crippen LogP contribution in [0.3, 0.4) is 0 Å². The van der Waals surface area contributed by atoms with Crippen molar-refractivity contribution < 1.29 is 4.79 Å². The van der Waals surface area contributed by atoms with E-state index in [9.17, 15) is 4.79 Å². The van der Waals surface area contributed by atoms with Crippen LogP contribution in [0.25, 0.3) is 0 Å². The first-order valence-corrected chi connectivity index (χ1v) is 11.4. The Labute approximate surface area is 210 Å². The summed E-state index contributed by atoms with van der Waals surface area (Å²) in [7, 11) is 1.75. The number of nitrogens with zero attached hydrogens (tertiary/aromatic N) is 2. The molecule has 3 aromatic rings. The minimum Gasteiger partial charge on any atom is -0.356 e. The lowest BCUT2D eigenvalue weighted by molar-refractivity contribution is -0.116. The summed E-state index contributed by atoms with van der Waals surface area (Å²) in [4.78, 5) is 21.1. The van der Waals surface area contributed by atoms with Crippen molar-refractivity contribution in [3.63, 3.8) is 0 Å². The van der Waals surface area contributed by atoms with Crippen LogP contribution < -0.4 is 16.0 Å². The van der Waals surface area contributed by atoms with Gasteiger partial charge in [-0.3, -0.25) is 9.79 Å². The third-order valence-electron chi connectivity index (χ3n) is 5.35. The zero-order valence-electron chi connectivity index (χ0n) is 18.0. The number of rotatable bonds is 7. The number of amides is 1. The Morgan fingerprint density at radius 1 is 1.12 bits per heavy atom. The molecule has 2 aromatic carbocycles. The van der Waals surface area contributed by atoms with Crippen molar-refractivity contribution in [2.24, 2.45) is 4.99 Å². The van der Waals surface area contributed by atoms with E-state index < -0.39 is 0 Å². The van der Waals surface area contributed by atoms with Gasteiger partial charge in [0.2, 0.25) is 5.91 Å². The molecular weight excluding hydrogens is 533 g/mol. The number of para-hydroxylation sites is 1. The number of fused-ring (bicyclic) bond motifs is 1. The highest BCUT2D eigenvalue weighted by atomic mass is 127. The molecule has 1 amide bonds. The summed E-state index contributed by atoms with van der Waals surface area (Å²) in [6, 6.07) is 18.5. The molecular formula is C24H28IN5OS. The normalized spacial score (nSPS) is 15.3. The molecule has 1 unspecified atom stereocenters. The predicted molar refractivity (Wildman–Crippen MR) is 142 cm³/mol. The van der Waals surface area contributed by atoms with Gasteiger partial charge in [-0.15, -0.1) is 35.3 Å². The van der Waals surface area contributed by atoms with Crippen LogP contribution in [0.5, 0.6) is 0 Å². The number of aromatic nitrogens is 1. The number of carbonyl (C=O) groups excluding carboxylic acids is 1. The minimum absolute atomic E-state index is 0. The highest BCUT2D eigenvalue weighted by Gasteiger charge is 2.24. The first-order valence-electron chi connectivity index (χ1n) is 10.5. The van der Waals surface area contributed by atoms with Gasteiger partial charge in [-0.05, 0) is 23.6 Å². The second-order valence-corrected chi connectivity index (χ2v) is 8.50. The quantitative estimate of drug-likeness (QED) is 0.228. The molecule has 8 heteroatoms. The van der Waals surface area contributed by atoms with Gasteiger partial charge in [0, 0.05) is 43.4 Å². The summed E-state index contributed by atoms with van der Waals surface area (Å²) in [5.74, 6) is 0.883. The van der Waals surface area contributed by atoms with E-state index in [0.29, 0.717) is 25.5 Å². The Hall–Kier alpha value is -2.46. The van der Waals surface area contributed by atoms with Crippen LogP contribution in [-0.2, 0) is 24.2 Å². The first kappa shape index (κ1) is 24.2. The number of aryl methyl sites for hydroxylation is 2. The molecule has 0 spiro atoms. The summed E-state index contributed by atoms with van der Waals surface area (Å²) in [6.45, 7) is 1.26. The molecule has 1 aromatic heterocycles. The van der Waals surface area contributed by atoms with Crippen molar-refractivity contribution in [1.29, 1.82) is 0 Å². The molecule has 6 nitrogen and oxygen atoms in total. The van der Waals surface area contributed by atoms with Crippen LogP contribution in [0, 0.1) is 0 Å². The van der Waals surface area contributed by atoms with E-state index in [-0.39, 0.29) is 35.8 Å². The third kappa shape index (κ3) is 6.52. The van der Waals surface area contributed by atoms with E-state index in [1.807, 2.05) is 24.3 Å². The summed E-state index contributed by atoms with van der Waals surface area (Å²) in [6.07, 6.45) is 2.42. The molecule has 1 aliphatic heterocycles. The van der Waals surface area contributed by atoms with Crippen molar-refractivity contribution in [3.05, 3.63) is 81.8 Å². The number of hydrogen-bond acceptors (Lipinski definition) is 4. The first-order chi connectivity index (χ1) is 15.2. The van der Waals surface area contributed by atoms with Gasteiger partial charge < -0.3 is 16.0 Å². The van der Waals surface area contributed by atoms with E-state index in [2.05, 4.69) is 56.7 Å². The molecule has 32 heavy (non-hydrogen) atoms. The van der Waals surface area contributed by atoms with E-state index >= 15 is 0 Å². The second-order valence-electron chi connectivity index (χ2n) is 7.56. The number of carbonyl (C=O) groups is 1. The number of nitrogens with one attached hydrogen (secondary N) is 3. The van der Waals surface area contributed by atoms with Gasteiger partial charge in [0.05, 0.1) is 17.2 Å². The van der Waals surface area contributed by atoms with Gasteiger partial charge in [-0.25, -0.2) is 4.98 Å². The van der Waals surface area contributed by atoms with Gasteiger partial charge in [0.25, 0.3) is 0 Å². The average molecular weight is 561 g/mol. The van der Waals surface area contributed by atoms with Crippen molar-refractivity contribution in [3.8, 4) is 0 Å². The van der Waals surface area contributed by atoms with Gasteiger partial charge in [0.1, 0.15) is 0 Å². The maximum Gasteiger partial charge on any atom is 0.225 e. The van der Waals surface area contributed by atoms with E-state index in [0.717, 1.165) is 34.8 Å². The highest BCUT2D eigenvalue weighted by molar-refractivity contribution is 14.0. The number of halogens is 1. The van der Waals surface area contributed by atoms with Crippen molar-refractivity contribution in [1.82, 2.24) is 15.6 Å². The van der Waals surface area contributed by atoms with Crippen LogP contribution in [0.4, 0.5) is 5.69 Å². The summed E-state index contributed by atoms with van der Waals surface area (Å²) >= 11 is 1.70. The van der Waals surface area contributed by atoms with Crippen LogP contribution in [0.2, 0.25) is 0 Å². The molecule has 0 saturated carbocycles. The summed E-state index contributed by atoms with van der Waals surface area (Å²) < 4.78 is 0. The minimum atomic E-state index is 0. The molecule has 1 atom stereocenters. The molecule has 0 saturated heterocycles. The molecule has 2 heterocycles. The lowest BCUT2D eigenvalue weighted by Gasteiger charge is -2.26. The van der Waals surface area contributed by atoms with Crippen LogP contribution in [0.1, 0.15) is 34.2 Å². The SMILES string of the molecule is CN=C(NCc1csc(CCc2ccccc2)n1)NCC1CC(=O)Nc2ccccc21.I. The second kappa shape index (κ2) is 12.0.